The molecule has 18 heteroatoms. The van der Waals surface area contributed by atoms with Crippen molar-refractivity contribution in [3.8, 4) is 0 Å². The van der Waals surface area contributed by atoms with Crippen molar-refractivity contribution in [2.24, 2.45) is 45.3 Å². The van der Waals surface area contributed by atoms with Crippen molar-refractivity contribution >= 4 is 35.1 Å². The molecule has 10 aliphatic rings. The Hall–Kier alpha value is -3.94. The zero-order chi connectivity index (χ0) is 51.5. The number of rotatable bonds is 6. The number of Topliss-reactive ketones (excluding diaryl/α,β-unsaturated/α-hetero) is 2. The van der Waals surface area contributed by atoms with Crippen molar-refractivity contribution in [3.05, 3.63) is 47.6 Å². The quantitative estimate of drug-likeness (QED) is 0.237. The summed E-state index contributed by atoms with van der Waals surface area (Å²) in [4.78, 5) is 74.1. The Morgan fingerprint density at radius 2 is 0.943 bits per heavy atom. The van der Waals surface area contributed by atoms with Crippen LogP contribution >= 0.6 is 0 Å². The molecule has 2 saturated heterocycles. The smallest absolute Gasteiger partial charge is 0.303 e. The molecular formula is C52H64F4O14. The lowest BCUT2D eigenvalue weighted by Crippen LogP contribution is -2.71. The number of ether oxygens (including phenoxy) is 6. The second-order valence-corrected chi connectivity index (χ2v) is 23.3. The molecule has 0 aromatic heterocycles. The Bertz CT molecular complexity index is 2300. The summed E-state index contributed by atoms with van der Waals surface area (Å²) in [6, 6.07) is 0. The minimum atomic E-state index is -2.27. The van der Waals surface area contributed by atoms with Gasteiger partial charge in [0.15, 0.2) is 58.9 Å². The first-order valence-corrected chi connectivity index (χ1v) is 24.3. The van der Waals surface area contributed by atoms with Crippen LogP contribution in [0.25, 0.3) is 0 Å². The number of esters is 2. The van der Waals surface area contributed by atoms with E-state index in [0.29, 0.717) is 0 Å². The van der Waals surface area contributed by atoms with Gasteiger partial charge in [0.2, 0.25) is 11.6 Å². The zero-order valence-corrected chi connectivity index (χ0v) is 41.2. The molecule has 8 aliphatic carbocycles. The van der Waals surface area contributed by atoms with Gasteiger partial charge in [0.05, 0.1) is 24.4 Å². The van der Waals surface area contributed by atoms with E-state index >= 15 is 17.6 Å². The molecule has 6 saturated carbocycles. The average molecular weight is 989 g/mol. The van der Waals surface area contributed by atoms with Crippen LogP contribution in [0, 0.1) is 45.3 Å². The van der Waals surface area contributed by atoms with E-state index in [-0.39, 0.29) is 49.7 Å². The fourth-order valence-electron chi connectivity index (χ4n) is 16.2. The summed E-state index contributed by atoms with van der Waals surface area (Å²) in [5.41, 5.74) is -12.9. The van der Waals surface area contributed by atoms with Gasteiger partial charge in [-0.1, -0.05) is 26.0 Å². The summed E-state index contributed by atoms with van der Waals surface area (Å²) >= 11 is 0. The maximum absolute atomic E-state index is 17.3. The van der Waals surface area contributed by atoms with Crippen LogP contribution < -0.4 is 0 Å². The highest BCUT2D eigenvalue weighted by molar-refractivity contribution is 6.02. The normalized spacial score (nSPS) is 49.4. The van der Waals surface area contributed by atoms with Crippen molar-refractivity contribution in [1.29, 1.82) is 0 Å². The number of fused-ring (bicyclic) bond motifs is 14. The first-order valence-electron chi connectivity index (χ1n) is 24.3. The van der Waals surface area contributed by atoms with Gasteiger partial charge in [-0.2, -0.15) is 0 Å². The molecule has 2 N–H and O–H groups in total. The number of halogens is 4. The second-order valence-electron chi connectivity index (χ2n) is 23.3. The van der Waals surface area contributed by atoms with E-state index in [0.717, 1.165) is 12.2 Å². The summed E-state index contributed by atoms with van der Waals surface area (Å²) in [6.07, 6.45) is -0.691. The fourth-order valence-corrected chi connectivity index (χ4v) is 16.2. The van der Waals surface area contributed by atoms with Gasteiger partial charge >= 0.3 is 11.9 Å². The molecule has 2 aliphatic heterocycles. The number of hydrogen-bond donors (Lipinski definition) is 2. The molecule has 70 heavy (non-hydrogen) atoms. The molecule has 0 aromatic carbocycles. The number of ketones is 4. The van der Waals surface area contributed by atoms with Gasteiger partial charge in [-0.05, 0) is 127 Å². The van der Waals surface area contributed by atoms with Crippen LogP contribution in [-0.4, -0.2) is 129 Å². The number of aliphatic hydroxyl groups is 2. The van der Waals surface area contributed by atoms with Gasteiger partial charge in [-0.25, -0.2) is 17.6 Å². The minimum absolute atomic E-state index is 0.0406. The monoisotopic (exact) mass is 988 g/mol. The van der Waals surface area contributed by atoms with Gasteiger partial charge in [-0.3, -0.25) is 28.8 Å². The third kappa shape index (κ3) is 6.49. The van der Waals surface area contributed by atoms with E-state index in [1.165, 1.54) is 52.0 Å². The summed E-state index contributed by atoms with van der Waals surface area (Å²) in [5, 5.41) is 22.9. The highest BCUT2D eigenvalue weighted by Crippen LogP contribution is 2.74. The molecule has 0 radical (unpaired) electrons. The van der Waals surface area contributed by atoms with E-state index in [2.05, 4.69) is 0 Å². The van der Waals surface area contributed by atoms with E-state index in [9.17, 15) is 39.0 Å². The zero-order valence-electron chi connectivity index (χ0n) is 41.2. The lowest BCUT2D eigenvalue weighted by atomic mass is 9.44. The van der Waals surface area contributed by atoms with Crippen LogP contribution in [0.1, 0.15) is 108 Å². The molecule has 8 fully saturated rings. The standard InChI is InChI=1S/2C26H32F2O7/c2*1-13(29)33-12-20(32)26-21(34-22(2,3)35-26)10-15-16-9-18(27)17-8-14(30)6-7-23(17,4)25(16,28)19(31)11-24(15,26)5/h2*6-8,15-16,18-19,21,31H,9-12H2,1-5H3/t2*15-,16-,18-,19-,21+,23-,24-,25-,26+/m00/s1. The van der Waals surface area contributed by atoms with Crippen LogP contribution in [-0.2, 0) is 57.2 Å². The molecule has 14 nitrogen and oxygen atoms in total. The van der Waals surface area contributed by atoms with Crippen molar-refractivity contribution < 1.29 is 85.0 Å². The van der Waals surface area contributed by atoms with Gasteiger partial charge in [0, 0.05) is 47.3 Å². The van der Waals surface area contributed by atoms with Crippen LogP contribution in [0.4, 0.5) is 17.6 Å². The molecule has 18 atom stereocenters. The van der Waals surface area contributed by atoms with Crippen LogP contribution in [0.15, 0.2) is 47.6 Å². The summed E-state index contributed by atoms with van der Waals surface area (Å²) in [6.45, 7) is 14.6. The van der Waals surface area contributed by atoms with Gasteiger partial charge < -0.3 is 38.6 Å². The summed E-state index contributed by atoms with van der Waals surface area (Å²) in [7, 11) is 0. The molecule has 2 heterocycles. The Kier molecular flexibility index (Phi) is 11.5. The largest absolute Gasteiger partial charge is 0.458 e. The number of hydrogen-bond acceptors (Lipinski definition) is 14. The third-order valence-corrected chi connectivity index (χ3v) is 18.9. The first-order chi connectivity index (χ1) is 32.2. The van der Waals surface area contributed by atoms with E-state index < -0.39 is 164 Å². The SMILES string of the molecule is CC(=O)OCC(=O)[C@@]12OC(C)(C)O[C@@H]1C[C@H]1[C@@H]3C[C@H](F)C4=CC(=O)C=C[C@]4(C)[C@@]3(F)[C@@H](O)C[C@@]12C.CC(=O)OCC(=O)[C@@]12OC(C)(C)O[C@@H]1C[C@H]1[C@@H]3C[C@H](F)C4=CC(=O)C=C[C@]4(C)[C@@]3(F)[C@@H](O)C[C@@]12C. The first kappa shape index (κ1) is 51.0. The molecule has 384 valence electrons. The molecule has 0 amide bonds. The van der Waals surface area contributed by atoms with Crippen LogP contribution in [0.2, 0.25) is 0 Å². The highest BCUT2D eigenvalue weighted by Gasteiger charge is 2.83. The number of alkyl halides is 4. The topological polar surface area (TPSA) is 198 Å². The van der Waals surface area contributed by atoms with Crippen molar-refractivity contribution in [3.63, 3.8) is 0 Å². The maximum atomic E-state index is 17.3. The number of carbonyl (C=O) groups is 6. The summed E-state index contributed by atoms with van der Waals surface area (Å²) in [5.74, 6) is -8.46. The molecule has 0 spiro atoms. The highest BCUT2D eigenvalue weighted by atomic mass is 19.2. The number of allylic oxidation sites excluding steroid dienone is 8. The molecule has 0 bridgehead atoms. The second kappa shape index (κ2) is 15.8. The molecule has 10 rings (SSSR count). The number of carbonyl (C=O) groups excluding carboxylic acids is 6. The van der Waals surface area contributed by atoms with Crippen LogP contribution in [0.5, 0.6) is 0 Å². The predicted octanol–water partition coefficient (Wildman–Crippen LogP) is 5.88. The molecular weight excluding hydrogens is 925 g/mol. The van der Waals surface area contributed by atoms with Crippen molar-refractivity contribution in [2.45, 2.75) is 179 Å². The Balaban J connectivity index is 0.000000174. The lowest BCUT2D eigenvalue weighted by Gasteiger charge is -2.63. The van der Waals surface area contributed by atoms with E-state index in [1.807, 2.05) is 0 Å². The maximum Gasteiger partial charge on any atom is 0.303 e. The molecule has 0 aromatic rings. The Morgan fingerprint density at radius 1 is 0.600 bits per heavy atom. The molecule has 0 unspecified atom stereocenters. The Morgan fingerprint density at radius 3 is 1.27 bits per heavy atom. The van der Waals surface area contributed by atoms with Gasteiger partial charge in [-0.15, -0.1) is 0 Å². The Labute approximate surface area is 403 Å². The van der Waals surface area contributed by atoms with Crippen molar-refractivity contribution in [2.75, 3.05) is 13.2 Å². The summed E-state index contributed by atoms with van der Waals surface area (Å²) < 4.78 is 101. The average Bonchev–Trinajstić information content (AvgIpc) is 3.87. The van der Waals surface area contributed by atoms with E-state index in [1.54, 1.807) is 41.5 Å². The third-order valence-electron chi connectivity index (χ3n) is 18.9. The van der Waals surface area contributed by atoms with Crippen molar-refractivity contribution in [1.82, 2.24) is 0 Å². The lowest BCUT2D eigenvalue weighted by molar-refractivity contribution is -0.249. The number of aliphatic hydroxyl groups excluding tert-OH is 2. The predicted molar refractivity (Wildman–Crippen MR) is 237 cm³/mol. The van der Waals surface area contributed by atoms with Gasteiger partial charge in [0.1, 0.15) is 12.3 Å². The van der Waals surface area contributed by atoms with Gasteiger partial charge in [0.25, 0.3) is 0 Å². The van der Waals surface area contributed by atoms with Crippen LogP contribution in [0.3, 0.4) is 0 Å². The minimum Gasteiger partial charge on any atom is -0.458 e. The fraction of sp³-hybridized carbons (Fsp3) is 0.731. The van der Waals surface area contributed by atoms with E-state index in [4.69, 9.17) is 28.4 Å².